The van der Waals surface area contributed by atoms with E-state index >= 15 is 0 Å². The molecule has 1 aromatic carbocycles. The van der Waals surface area contributed by atoms with Crippen LogP contribution in [0.25, 0.3) is 0 Å². The van der Waals surface area contributed by atoms with Gasteiger partial charge in [0.05, 0.1) is 30.9 Å². The Morgan fingerprint density at radius 1 is 1.33 bits per heavy atom. The zero-order valence-electron chi connectivity index (χ0n) is 13.8. The highest BCUT2D eigenvalue weighted by atomic mass is 16.5. The van der Waals surface area contributed by atoms with Crippen molar-refractivity contribution in [1.82, 2.24) is 0 Å². The lowest BCUT2D eigenvalue weighted by molar-refractivity contribution is -0.137. The number of hydrogen-bond donors (Lipinski definition) is 2. The number of esters is 1. The molecule has 0 radical (unpaired) electrons. The second kappa shape index (κ2) is 6.28. The molecule has 1 unspecified atom stereocenters. The summed E-state index contributed by atoms with van der Waals surface area (Å²) >= 11 is 0. The van der Waals surface area contributed by atoms with Crippen molar-refractivity contribution < 1.29 is 24.2 Å². The summed E-state index contributed by atoms with van der Waals surface area (Å²) in [6, 6.07) is 0. The highest BCUT2D eigenvalue weighted by molar-refractivity contribution is 6.00. The van der Waals surface area contributed by atoms with Crippen LogP contribution in [0.3, 0.4) is 0 Å². The first-order valence-corrected chi connectivity index (χ1v) is 7.96. The van der Waals surface area contributed by atoms with Gasteiger partial charge in [0, 0.05) is 11.5 Å². The highest BCUT2D eigenvalue weighted by Gasteiger charge is 2.29. The molecule has 3 rings (SSSR count). The SMILES string of the molecule is Cc1c(C)c2c(c(N)c1C/C=C1\COCC1CC(=O)O)C(=O)OC2. The maximum atomic E-state index is 11.9. The van der Waals surface area contributed by atoms with Crippen LogP contribution in [-0.4, -0.2) is 30.3 Å². The third-order valence-electron chi connectivity index (χ3n) is 5.02. The molecule has 128 valence electrons. The smallest absolute Gasteiger partial charge is 0.341 e. The molecular formula is C18H21NO5. The summed E-state index contributed by atoms with van der Waals surface area (Å²) in [5, 5.41) is 8.98. The number of anilines is 1. The lowest BCUT2D eigenvalue weighted by Crippen LogP contribution is -2.10. The Morgan fingerprint density at radius 2 is 2.08 bits per heavy atom. The average molecular weight is 331 g/mol. The number of nitrogen functional groups attached to an aromatic ring is 1. The Bertz CT molecular complexity index is 751. The molecule has 1 saturated heterocycles. The minimum Gasteiger partial charge on any atom is -0.481 e. The Morgan fingerprint density at radius 3 is 2.79 bits per heavy atom. The van der Waals surface area contributed by atoms with Crippen LogP contribution >= 0.6 is 0 Å². The fourth-order valence-electron chi connectivity index (χ4n) is 3.45. The molecule has 2 aliphatic rings. The number of rotatable bonds is 4. The molecule has 1 fully saturated rings. The van der Waals surface area contributed by atoms with E-state index in [1.54, 1.807) is 0 Å². The summed E-state index contributed by atoms with van der Waals surface area (Å²) in [6.45, 7) is 5.12. The molecule has 0 aromatic heterocycles. The van der Waals surface area contributed by atoms with Gasteiger partial charge >= 0.3 is 11.9 Å². The van der Waals surface area contributed by atoms with Crippen LogP contribution in [0.15, 0.2) is 11.6 Å². The topological polar surface area (TPSA) is 98.9 Å². The van der Waals surface area contributed by atoms with Gasteiger partial charge in [0.2, 0.25) is 0 Å². The van der Waals surface area contributed by atoms with Gasteiger partial charge in [-0.15, -0.1) is 0 Å². The quantitative estimate of drug-likeness (QED) is 0.498. The molecule has 0 saturated carbocycles. The Kier molecular flexibility index (Phi) is 4.32. The Labute approximate surface area is 140 Å². The molecule has 0 spiro atoms. The van der Waals surface area contributed by atoms with E-state index in [0.717, 1.165) is 27.8 Å². The van der Waals surface area contributed by atoms with Crippen molar-refractivity contribution in [1.29, 1.82) is 0 Å². The Hall–Kier alpha value is -2.34. The average Bonchev–Trinajstić information content (AvgIpc) is 3.11. The van der Waals surface area contributed by atoms with E-state index in [1.165, 1.54) is 0 Å². The number of aliphatic carboxylic acids is 1. The van der Waals surface area contributed by atoms with Crippen molar-refractivity contribution in [3.05, 3.63) is 39.5 Å². The minimum absolute atomic E-state index is 0.0653. The second-order valence-corrected chi connectivity index (χ2v) is 6.36. The summed E-state index contributed by atoms with van der Waals surface area (Å²) in [5.74, 6) is -1.29. The van der Waals surface area contributed by atoms with Crippen LogP contribution in [0.1, 0.15) is 39.0 Å². The summed E-state index contributed by atoms with van der Waals surface area (Å²) in [7, 11) is 0. The van der Waals surface area contributed by atoms with Crippen LogP contribution in [0, 0.1) is 19.8 Å². The van der Waals surface area contributed by atoms with E-state index < -0.39 is 5.97 Å². The number of benzene rings is 1. The van der Waals surface area contributed by atoms with E-state index in [2.05, 4.69) is 0 Å². The van der Waals surface area contributed by atoms with Gasteiger partial charge in [-0.3, -0.25) is 4.79 Å². The predicted octanol–water partition coefficient (Wildman–Crippen LogP) is 2.15. The van der Waals surface area contributed by atoms with Gasteiger partial charge in [-0.1, -0.05) is 6.08 Å². The van der Waals surface area contributed by atoms with E-state index in [-0.39, 0.29) is 24.9 Å². The standard InChI is InChI=1S/C18H21NO5/c1-9-10(2)14-8-24-18(22)16(14)17(19)13(9)4-3-11-6-23-7-12(11)5-15(20)21/h3,12H,4-8,19H2,1-2H3,(H,20,21)/b11-3+. The third kappa shape index (κ3) is 2.78. The number of carbonyl (C=O) groups is 2. The summed E-state index contributed by atoms with van der Waals surface area (Å²) in [5.41, 5.74) is 12.0. The largest absolute Gasteiger partial charge is 0.481 e. The van der Waals surface area contributed by atoms with E-state index in [1.807, 2.05) is 19.9 Å². The molecule has 2 heterocycles. The molecule has 3 N–H and O–H groups in total. The second-order valence-electron chi connectivity index (χ2n) is 6.36. The van der Waals surface area contributed by atoms with Crippen LogP contribution < -0.4 is 5.73 Å². The van der Waals surface area contributed by atoms with Crippen molar-refractivity contribution in [2.24, 2.45) is 5.92 Å². The van der Waals surface area contributed by atoms with Crippen molar-refractivity contribution in [3.63, 3.8) is 0 Å². The molecule has 6 heteroatoms. The number of nitrogens with two attached hydrogens (primary N) is 1. The summed E-state index contributed by atoms with van der Waals surface area (Å²) in [6.07, 6.45) is 2.61. The number of carboxylic acid groups (broad SMARTS) is 1. The fourth-order valence-corrected chi connectivity index (χ4v) is 3.45. The summed E-state index contributed by atoms with van der Waals surface area (Å²) in [4.78, 5) is 22.9. The number of allylic oxidation sites excluding steroid dienone is 1. The van der Waals surface area contributed by atoms with Gasteiger partial charge in [0.15, 0.2) is 0 Å². The van der Waals surface area contributed by atoms with Crippen LogP contribution in [0.5, 0.6) is 0 Å². The minimum atomic E-state index is -0.830. The number of hydrogen-bond acceptors (Lipinski definition) is 5. The summed E-state index contributed by atoms with van der Waals surface area (Å²) < 4.78 is 10.5. The lowest BCUT2D eigenvalue weighted by atomic mass is 9.89. The fraction of sp³-hybridized carbons (Fsp3) is 0.444. The zero-order chi connectivity index (χ0) is 17.4. The molecule has 0 bridgehead atoms. The van der Waals surface area contributed by atoms with Crippen molar-refractivity contribution in [2.45, 2.75) is 33.3 Å². The molecule has 2 aliphatic heterocycles. The molecule has 1 atom stereocenters. The van der Waals surface area contributed by atoms with Crippen molar-refractivity contribution >= 4 is 17.6 Å². The number of ether oxygens (including phenoxy) is 2. The number of fused-ring (bicyclic) bond motifs is 1. The van der Waals surface area contributed by atoms with E-state index in [0.29, 0.717) is 30.9 Å². The number of carboxylic acids is 1. The van der Waals surface area contributed by atoms with Gasteiger partial charge in [-0.25, -0.2) is 4.79 Å². The van der Waals surface area contributed by atoms with Crippen LogP contribution in [-0.2, 0) is 27.3 Å². The van der Waals surface area contributed by atoms with Gasteiger partial charge in [0.25, 0.3) is 0 Å². The van der Waals surface area contributed by atoms with Crippen LogP contribution in [0.4, 0.5) is 5.69 Å². The maximum absolute atomic E-state index is 11.9. The van der Waals surface area contributed by atoms with Crippen LogP contribution in [0.2, 0.25) is 0 Å². The number of carbonyl (C=O) groups excluding carboxylic acids is 1. The molecule has 0 amide bonds. The molecule has 1 aromatic rings. The zero-order valence-corrected chi connectivity index (χ0v) is 13.8. The molecule has 0 aliphatic carbocycles. The Balaban J connectivity index is 1.92. The maximum Gasteiger partial charge on any atom is 0.341 e. The predicted molar refractivity (Wildman–Crippen MR) is 87.8 cm³/mol. The molecule has 24 heavy (non-hydrogen) atoms. The van der Waals surface area contributed by atoms with Gasteiger partial charge in [0.1, 0.15) is 6.61 Å². The molecule has 6 nitrogen and oxygen atoms in total. The first kappa shape index (κ1) is 16.5. The lowest BCUT2D eigenvalue weighted by Gasteiger charge is -2.15. The third-order valence-corrected chi connectivity index (χ3v) is 5.02. The monoisotopic (exact) mass is 331 g/mol. The van der Waals surface area contributed by atoms with Crippen molar-refractivity contribution in [3.8, 4) is 0 Å². The van der Waals surface area contributed by atoms with Gasteiger partial charge < -0.3 is 20.3 Å². The highest BCUT2D eigenvalue weighted by Crippen LogP contribution is 2.35. The van der Waals surface area contributed by atoms with E-state index in [4.69, 9.17) is 20.3 Å². The normalized spacial score (nSPS) is 21.2. The van der Waals surface area contributed by atoms with Gasteiger partial charge in [-0.2, -0.15) is 0 Å². The first-order chi connectivity index (χ1) is 11.4. The molecular weight excluding hydrogens is 310 g/mol. The first-order valence-electron chi connectivity index (χ1n) is 7.96. The van der Waals surface area contributed by atoms with E-state index in [9.17, 15) is 9.59 Å². The number of cyclic esters (lactones) is 1. The van der Waals surface area contributed by atoms with Gasteiger partial charge in [-0.05, 0) is 42.5 Å². The van der Waals surface area contributed by atoms with Crippen molar-refractivity contribution in [2.75, 3.05) is 18.9 Å².